The van der Waals surface area contributed by atoms with Crippen molar-refractivity contribution in [2.75, 3.05) is 31.1 Å². The maximum atomic E-state index is 12.4. The number of anilines is 1. The standard InChI is InChI=1S/C18H19N7O2S/c1-13-19-20-16-7-8-17(21-25(13)16)23-9-4-10-24(12-11-23)18-14-5-2-3-6-15(14)28(26,27)22-18/h2-3,5-8H,4,9-12H2,1H3. The largest absolute Gasteiger partial charge is 0.354 e. The molecule has 0 amide bonds. The van der Waals surface area contributed by atoms with E-state index in [4.69, 9.17) is 0 Å². The Kier molecular flexibility index (Phi) is 3.83. The smallest absolute Gasteiger partial charge is 0.285 e. The van der Waals surface area contributed by atoms with Crippen LogP contribution >= 0.6 is 0 Å². The summed E-state index contributed by atoms with van der Waals surface area (Å²) < 4.78 is 30.5. The van der Waals surface area contributed by atoms with Gasteiger partial charge in [-0.3, -0.25) is 0 Å². The van der Waals surface area contributed by atoms with Crippen molar-refractivity contribution >= 4 is 27.3 Å². The quantitative estimate of drug-likeness (QED) is 0.606. The number of aryl methyl sites for hydroxylation is 1. The van der Waals surface area contributed by atoms with Gasteiger partial charge in [-0.15, -0.1) is 19.7 Å². The van der Waals surface area contributed by atoms with E-state index in [0.717, 1.165) is 43.3 Å². The Hall–Kier alpha value is -3.01. The molecule has 0 saturated carbocycles. The summed E-state index contributed by atoms with van der Waals surface area (Å²) >= 11 is 0. The highest BCUT2D eigenvalue weighted by Gasteiger charge is 2.32. The van der Waals surface area contributed by atoms with Crippen LogP contribution in [0.1, 0.15) is 17.8 Å². The molecule has 2 aliphatic heterocycles. The summed E-state index contributed by atoms with van der Waals surface area (Å²) in [5, 5.41) is 12.8. The molecule has 0 bridgehead atoms. The normalized spacial score (nSPS) is 18.8. The van der Waals surface area contributed by atoms with Gasteiger partial charge in [-0.2, -0.15) is 12.9 Å². The van der Waals surface area contributed by atoms with E-state index in [9.17, 15) is 8.42 Å². The summed E-state index contributed by atoms with van der Waals surface area (Å²) in [6, 6.07) is 10.9. The zero-order valence-electron chi connectivity index (χ0n) is 15.4. The van der Waals surface area contributed by atoms with Crippen LogP contribution in [-0.2, 0) is 10.0 Å². The first-order valence-electron chi connectivity index (χ1n) is 9.16. The Labute approximate surface area is 162 Å². The van der Waals surface area contributed by atoms with E-state index in [2.05, 4.69) is 29.5 Å². The minimum atomic E-state index is -3.60. The first-order chi connectivity index (χ1) is 13.5. The number of amidine groups is 1. The van der Waals surface area contributed by atoms with E-state index in [1.807, 2.05) is 31.2 Å². The SMILES string of the molecule is Cc1nnc2ccc(N3CCCN(C4=NS(=O)(=O)c5ccccc54)CC3)nn12. The van der Waals surface area contributed by atoms with Gasteiger partial charge in [0.05, 0.1) is 0 Å². The fraction of sp³-hybridized carbons (Fsp3) is 0.333. The topological polar surface area (TPSA) is 96.1 Å². The van der Waals surface area contributed by atoms with E-state index in [1.54, 1.807) is 16.6 Å². The lowest BCUT2D eigenvalue weighted by Gasteiger charge is -2.24. The lowest BCUT2D eigenvalue weighted by molar-refractivity contribution is 0.449. The van der Waals surface area contributed by atoms with Crippen LogP contribution in [0.25, 0.3) is 5.65 Å². The zero-order valence-corrected chi connectivity index (χ0v) is 16.2. The second-order valence-electron chi connectivity index (χ2n) is 6.92. The van der Waals surface area contributed by atoms with Crippen molar-refractivity contribution in [2.45, 2.75) is 18.2 Å². The zero-order chi connectivity index (χ0) is 19.3. The molecule has 2 aromatic heterocycles. The number of hydrogen-bond donors (Lipinski definition) is 0. The number of aromatic nitrogens is 4. The Morgan fingerprint density at radius 2 is 1.71 bits per heavy atom. The molecule has 1 aromatic carbocycles. The van der Waals surface area contributed by atoms with Crippen molar-refractivity contribution in [3.8, 4) is 0 Å². The second kappa shape index (κ2) is 6.26. The fourth-order valence-electron chi connectivity index (χ4n) is 3.73. The third kappa shape index (κ3) is 2.71. The number of hydrogen-bond acceptors (Lipinski definition) is 7. The summed E-state index contributed by atoms with van der Waals surface area (Å²) in [5.74, 6) is 2.16. The van der Waals surface area contributed by atoms with Crippen LogP contribution in [0.5, 0.6) is 0 Å². The maximum Gasteiger partial charge on any atom is 0.285 e. The van der Waals surface area contributed by atoms with Crippen molar-refractivity contribution in [3.63, 3.8) is 0 Å². The van der Waals surface area contributed by atoms with Crippen LogP contribution in [-0.4, -0.2) is 65.1 Å². The van der Waals surface area contributed by atoms with Gasteiger partial charge in [-0.1, -0.05) is 12.1 Å². The fourth-order valence-corrected chi connectivity index (χ4v) is 4.96. The summed E-state index contributed by atoms with van der Waals surface area (Å²) in [7, 11) is -3.60. The summed E-state index contributed by atoms with van der Waals surface area (Å²) in [6.45, 7) is 4.84. The molecule has 1 saturated heterocycles. The molecule has 28 heavy (non-hydrogen) atoms. The molecule has 0 spiro atoms. The number of fused-ring (bicyclic) bond motifs is 2. The number of nitrogens with zero attached hydrogens (tertiary/aromatic N) is 7. The predicted molar refractivity (Wildman–Crippen MR) is 104 cm³/mol. The predicted octanol–water partition coefficient (Wildman–Crippen LogP) is 1.09. The van der Waals surface area contributed by atoms with Gasteiger partial charge >= 0.3 is 0 Å². The maximum absolute atomic E-state index is 12.4. The van der Waals surface area contributed by atoms with Crippen LogP contribution in [0.4, 0.5) is 5.82 Å². The molecule has 1 fully saturated rings. The van der Waals surface area contributed by atoms with Gasteiger partial charge in [0.25, 0.3) is 10.0 Å². The van der Waals surface area contributed by atoms with E-state index in [1.165, 1.54) is 0 Å². The Bertz CT molecular complexity index is 1200. The highest BCUT2D eigenvalue weighted by molar-refractivity contribution is 7.90. The molecule has 0 N–H and O–H groups in total. The molecule has 2 aliphatic rings. The van der Waals surface area contributed by atoms with Crippen LogP contribution in [0.3, 0.4) is 0 Å². The summed E-state index contributed by atoms with van der Waals surface area (Å²) in [5.41, 5.74) is 1.41. The van der Waals surface area contributed by atoms with Crippen molar-refractivity contribution in [2.24, 2.45) is 4.40 Å². The molecule has 4 heterocycles. The van der Waals surface area contributed by atoms with Crippen molar-refractivity contribution in [1.82, 2.24) is 24.7 Å². The number of sulfonamides is 1. The minimum absolute atomic E-state index is 0.293. The molecule has 0 radical (unpaired) electrons. The molecular weight excluding hydrogens is 378 g/mol. The third-order valence-corrected chi connectivity index (χ3v) is 6.46. The Morgan fingerprint density at radius 3 is 2.61 bits per heavy atom. The van der Waals surface area contributed by atoms with Gasteiger partial charge in [0.15, 0.2) is 17.3 Å². The minimum Gasteiger partial charge on any atom is -0.354 e. The molecule has 9 nitrogen and oxygen atoms in total. The Morgan fingerprint density at radius 1 is 0.929 bits per heavy atom. The number of rotatable bonds is 1. The first-order valence-corrected chi connectivity index (χ1v) is 10.6. The lowest BCUT2D eigenvalue weighted by atomic mass is 10.2. The molecule has 0 aliphatic carbocycles. The highest BCUT2D eigenvalue weighted by Crippen LogP contribution is 2.28. The van der Waals surface area contributed by atoms with E-state index >= 15 is 0 Å². The van der Waals surface area contributed by atoms with Crippen LogP contribution in [0.2, 0.25) is 0 Å². The molecule has 0 unspecified atom stereocenters. The summed E-state index contributed by atoms with van der Waals surface area (Å²) in [6.07, 6.45) is 0.877. The van der Waals surface area contributed by atoms with Gasteiger partial charge < -0.3 is 9.80 Å². The molecule has 3 aromatic rings. The number of benzene rings is 1. The lowest BCUT2D eigenvalue weighted by Crippen LogP contribution is -2.35. The van der Waals surface area contributed by atoms with Crippen molar-refractivity contribution in [1.29, 1.82) is 0 Å². The third-order valence-electron chi connectivity index (χ3n) is 5.14. The molecule has 5 rings (SSSR count). The average Bonchev–Trinajstić information content (AvgIpc) is 3.07. The molecule has 0 atom stereocenters. The molecular formula is C18H19N7O2S. The van der Waals surface area contributed by atoms with E-state index < -0.39 is 10.0 Å². The van der Waals surface area contributed by atoms with Crippen LogP contribution in [0, 0.1) is 6.92 Å². The van der Waals surface area contributed by atoms with Gasteiger partial charge in [-0.25, -0.2) is 0 Å². The van der Waals surface area contributed by atoms with Gasteiger partial charge in [0.1, 0.15) is 10.7 Å². The van der Waals surface area contributed by atoms with E-state index in [0.29, 0.717) is 22.8 Å². The monoisotopic (exact) mass is 397 g/mol. The van der Waals surface area contributed by atoms with E-state index in [-0.39, 0.29) is 0 Å². The van der Waals surface area contributed by atoms with Gasteiger partial charge in [-0.05, 0) is 37.6 Å². The molecule has 10 heteroatoms. The van der Waals surface area contributed by atoms with Gasteiger partial charge in [0.2, 0.25) is 0 Å². The highest BCUT2D eigenvalue weighted by atomic mass is 32.2. The first kappa shape index (κ1) is 17.1. The van der Waals surface area contributed by atoms with Crippen LogP contribution in [0.15, 0.2) is 45.7 Å². The second-order valence-corrected chi connectivity index (χ2v) is 8.50. The summed E-state index contributed by atoms with van der Waals surface area (Å²) in [4.78, 5) is 4.56. The average molecular weight is 397 g/mol. The van der Waals surface area contributed by atoms with Crippen molar-refractivity contribution in [3.05, 3.63) is 47.8 Å². The van der Waals surface area contributed by atoms with Crippen LogP contribution < -0.4 is 4.90 Å². The molecule has 144 valence electrons. The Balaban J connectivity index is 1.41. The van der Waals surface area contributed by atoms with Crippen molar-refractivity contribution < 1.29 is 8.42 Å². The van der Waals surface area contributed by atoms with Gasteiger partial charge in [0, 0.05) is 31.7 Å².